The molecule has 0 spiro atoms. The van der Waals surface area contributed by atoms with Crippen molar-refractivity contribution in [3.8, 4) is 6.07 Å². The number of hydrogen-bond acceptors (Lipinski definition) is 5. The molecule has 0 atom stereocenters. The molecule has 0 saturated carbocycles. The van der Waals surface area contributed by atoms with Gasteiger partial charge in [0.2, 0.25) is 0 Å². The minimum absolute atomic E-state index is 0.318. The highest BCUT2D eigenvalue weighted by molar-refractivity contribution is 6.62. The quantitative estimate of drug-likeness (QED) is 0.834. The fourth-order valence-electron chi connectivity index (χ4n) is 2.30. The maximum Gasteiger partial charge on any atom is 0.494 e. The second-order valence-corrected chi connectivity index (χ2v) is 8.13. The number of nitrogens with one attached hydrogen (secondary N) is 1. The first-order chi connectivity index (χ1) is 11.3. The molecule has 1 aliphatic rings. The number of nitrogens with zero attached hydrogens (tertiary/aromatic N) is 1. The third kappa shape index (κ3) is 4.33. The van der Waals surface area contributed by atoms with Crippen LogP contribution in [0.15, 0.2) is 18.2 Å². The van der Waals surface area contributed by atoms with Crippen LogP contribution < -0.4 is 10.8 Å². The maximum atomic E-state index is 11.9. The van der Waals surface area contributed by atoms with Crippen LogP contribution in [0.3, 0.4) is 0 Å². The van der Waals surface area contributed by atoms with Crippen LogP contribution in [0.4, 0.5) is 10.5 Å². The molecule has 0 unspecified atom stereocenters. The lowest BCUT2D eigenvalue weighted by molar-refractivity contribution is 0.00578. The Morgan fingerprint density at radius 1 is 1.20 bits per heavy atom. The van der Waals surface area contributed by atoms with E-state index >= 15 is 0 Å². The van der Waals surface area contributed by atoms with Gasteiger partial charge in [-0.05, 0) is 66.1 Å². The Labute approximate surface area is 149 Å². The highest BCUT2D eigenvalue weighted by Crippen LogP contribution is 2.36. The molecule has 0 aliphatic carbocycles. The van der Waals surface area contributed by atoms with Crippen LogP contribution in [0.2, 0.25) is 0 Å². The molecule has 6 nitrogen and oxygen atoms in total. The van der Waals surface area contributed by atoms with E-state index in [4.69, 9.17) is 14.0 Å². The SMILES string of the molecule is CC(C)(C)OC(=O)Nc1ccc(B2OC(C)(C)C(C)(C)O2)cc1C#N. The molecule has 1 aliphatic heterocycles. The molecule has 2 rings (SSSR count). The second kappa shape index (κ2) is 6.36. The lowest BCUT2D eigenvalue weighted by atomic mass is 9.78. The summed E-state index contributed by atoms with van der Waals surface area (Å²) in [6.07, 6.45) is -0.604. The summed E-state index contributed by atoms with van der Waals surface area (Å²) < 4.78 is 17.2. The molecule has 1 N–H and O–H groups in total. The monoisotopic (exact) mass is 344 g/mol. The van der Waals surface area contributed by atoms with E-state index in [1.807, 2.05) is 27.7 Å². The largest absolute Gasteiger partial charge is 0.494 e. The van der Waals surface area contributed by atoms with Crippen molar-refractivity contribution >= 4 is 24.4 Å². The zero-order valence-corrected chi connectivity index (χ0v) is 15.9. The van der Waals surface area contributed by atoms with Crippen LogP contribution in [0, 0.1) is 11.3 Å². The van der Waals surface area contributed by atoms with E-state index in [1.54, 1.807) is 39.0 Å². The normalized spacial score (nSPS) is 18.6. The number of nitriles is 1. The molecule has 1 aromatic rings. The molecular weight excluding hydrogens is 319 g/mol. The van der Waals surface area contributed by atoms with Crippen LogP contribution in [0.1, 0.15) is 54.0 Å². The lowest BCUT2D eigenvalue weighted by Gasteiger charge is -2.32. The Morgan fingerprint density at radius 2 is 1.76 bits per heavy atom. The first kappa shape index (κ1) is 19.3. The summed E-state index contributed by atoms with van der Waals surface area (Å²) in [5.74, 6) is 0. The number of carbonyl (C=O) groups is 1. The Balaban J connectivity index is 2.21. The van der Waals surface area contributed by atoms with E-state index in [0.29, 0.717) is 11.3 Å². The molecule has 0 aromatic heterocycles. The highest BCUT2D eigenvalue weighted by Gasteiger charge is 2.51. The first-order valence-electron chi connectivity index (χ1n) is 8.24. The van der Waals surface area contributed by atoms with Crippen molar-refractivity contribution in [2.24, 2.45) is 0 Å². The van der Waals surface area contributed by atoms with E-state index in [0.717, 1.165) is 5.46 Å². The average Bonchev–Trinajstić information content (AvgIpc) is 2.65. The number of carbonyl (C=O) groups excluding carboxylic acids is 1. The van der Waals surface area contributed by atoms with Crippen molar-refractivity contribution < 1.29 is 18.8 Å². The standard InChI is InChI=1S/C18H25BN2O4/c1-16(2,3)23-15(22)21-14-9-8-13(10-12(14)11-20)19-24-17(4,5)18(6,7)25-19/h8-10H,1-7H3,(H,21,22). The molecule has 7 heteroatoms. The van der Waals surface area contributed by atoms with Crippen molar-refractivity contribution in [3.05, 3.63) is 23.8 Å². The Kier molecular flexibility index (Phi) is 4.91. The Bertz CT molecular complexity index is 701. The fourth-order valence-corrected chi connectivity index (χ4v) is 2.30. The minimum atomic E-state index is -0.612. The number of amides is 1. The molecule has 134 valence electrons. The van der Waals surface area contributed by atoms with Crippen molar-refractivity contribution in [1.82, 2.24) is 0 Å². The summed E-state index contributed by atoms with van der Waals surface area (Å²) in [4.78, 5) is 11.9. The predicted octanol–water partition coefficient (Wildman–Crippen LogP) is 3.20. The second-order valence-electron chi connectivity index (χ2n) is 8.13. The van der Waals surface area contributed by atoms with E-state index < -0.39 is 30.0 Å². The first-order valence-corrected chi connectivity index (χ1v) is 8.24. The van der Waals surface area contributed by atoms with Gasteiger partial charge in [-0.25, -0.2) is 4.79 Å². The van der Waals surface area contributed by atoms with Gasteiger partial charge in [0.1, 0.15) is 11.7 Å². The maximum absolute atomic E-state index is 11.9. The topological polar surface area (TPSA) is 80.6 Å². The number of ether oxygens (including phenoxy) is 1. The summed E-state index contributed by atoms with van der Waals surface area (Å²) in [5.41, 5.74) is -0.102. The van der Waals surface area contributed by atoms with E-state index in [1.165, 1.54) is 0 Å². The van der Waals surface area contributed by atoms with Gasteiger partial charge in [-0.2, -0.15) is 5.26 Å². The van der Waals surface area contributed by atoms with Crippen LogP contribution in [0.25, 0.3) is 0 Å². The fraction of sp³-hybridized carbons (Fsp3) is 0.556. The average molecular weight is 344 g/mol. The molecule has 0 bridgehead atoms. The smallest absolute Gasteiger partial charge is 0.444 e. The van der Waals surface area contributed by atoms with Crippen LogP contribution in [-0.4, -0.2) is 30.0 Å². The van der Waals surface area contributed by atoms with Crippen molar-refractivity contribution in [1.29, 1.82) is 5.26 Å². The van der Waals surface area contributed by atoms with Gasteiger partial charge in [-0.15, -0.1) is 0 Å². The molecule has 1 saturated heterocycles. The van der Waals surface area contributed by atoms with Gasteiger partial charge in [-0.1, -0.05) is 6.07 Å². The van der Waals surface area contributed by atoms with Gasteiger partial charge in [0.25, 0.3) is 0 Å². The molecule has 1 fully saturated rings. The van der Waals surface area contributed by atoms with Gasteiger partial charge in [0, 0.05) is 0 Å². The lowest BCUT2D eigenvalue weighted by Crippen LogP contribution is -2.41. The zero-order chi connectivity index (χ0) is 19.0. The summed E-state index contributed by atoms with van der Waals surface area (Å²) in [6.45, 7) is 13.2. The number of rotatable bonds is 2. The van der Waals surface area contributed by atoms with Gasteiger partial charge in [0.15, 0.2) is 0 Å². The summed E-state index contributed by atoms with van der Waals surface area (Å²) >= 11 is 0. The van der Waals surface area contributed by atoms with E-state index in [9.17, 15) is 10.1 Å². The van der Waals surface area contributed by atoms with Crippen LogP contribution in [0.5, 0.6) is 0 Å². The van der Waals surface area contributed by atoms with Crippen molar-refractivity contribution in [2.45, 2.75) is 65.3 Å². The predicted molar refractivity (Wildman–Crippen MR) is 96.7 cm³/mol. The summed E-state index contributed by atoms with van der Waals surface area (Å²) in [7, 11) is -0.562. The minimum Gasteiger partial charge on any atom is -0.444 e. The van der Waals surface area contributed by atoms with E-state index in [2.05, 4.69) is 11.4 Å². The van der Waals surface area contributed by atoms with Crippen molar-refractivity contribution in [3.63, 3.8) is 0 Å². The summed E-state index contributed by atoms with van der Waals surface area (Å²) in [6, 6.07) is 7.18. The molecule has 1 aromatic carbocycles. The number of benzene rings is 1. The highest BCUT2D eigenvalue weighted by atomic mass is 16.7. The Morgan fingerprint density at radius 3 is 2.24 bits per heavy atom. The molecule has 25 heavy (non-hydrogen) atoms. The van der Waals surface area contributed by atoms with Crippen molar-refractivity contribution in [2.75, 3.05) is 5.32 Å². The van der Waals surface area contributed by atoms with Gasteiger partial charge in [-0.3, -0.25) is 5.32 Å². The van der Waals surface area contributed by atoms with Crippen LogP contribution in [-0.2, 0) is 14.0 Å². The summed E-state index contributed by atoms with van der Waals surface area (Å²) in [5, 5.41) is 12.0. The third-order valence-electron chi connectivity index (χ3n) is 4.33. The molecule has 1 heterocycles. The van der Waals surface area contributed by atoms with Crippen LogP contribution >= 0.6 is 0 Å². The zero-order valence-electron chi connectivity index (χ0n) is 15.9. The van der Waals surface area contributed by atoms with Gasteiger partial charge < -0.3 is 14.0 Å². The number of hydrogen-bond donors (Lipinski definition) is 1. The van der Waals surface area contributed by atoms with Gasteiger partial charge >= 0.3 is 13.2 Å². The van der Waals surface area contributed by atoms with E-state index in [-0.39, 0.29) is 0 Å². The Hall–Kier alpha value is -2.04. The molecule has 0 radical (unpaired) electrons. The molecular formula is C18H25BN2O4. The number of anilines is 1. The van der Waals surface area contributed by atoms with Gasteiger partial charge in [0.05, 0.1) is 22.5 Å². The molecule has 1 amide bonds. The third-order valence-corrected chi connectivity index (χ3v) is 4.33.